The lowest BCUT2D eigenvalue weighted by atomic mass is 9.94. The Bertz CT molecular complexity index is 1520. The minimum absolute atomic E-state index is 0.127. The fourth-order valence-corrected chi connectivity index (χ4v) is 3.80. The van der Waals surface area contributed by atoms with Crippen LogP contribution < -0.4 is 5.56 Å². The molecule has 4 nitrogen and oxygen atoms in total. The molecule has 5 aromatic rings. The van der Waals surface area contributed by atoms with Crippen LogP contribution in [0.5, 0.6) is 0 Å². The number of aromatic nitrogens is 2. The molecule has 0 atom stereocenters. The molecule has 0 radical (unpaired) electrons. The number of para-hydroxylation sites is 2. The van der Waals surface area contributed by atoms with Gasteiger partial charge in [0.25, 0.3) is 5.56 Å². The molecule has 0 saturated carbocycles. The maximum Gasteiger partial charge on any atom is 0.260 e. The van der Waals surface area contributed by atoms with E-state index in [1.807, 2.05) is 91.0 Å². The van der Waals surface area contributed by atoms with Crippen LogP contribution in [0.1, 0.15) is 16.1 Å². The molecule has 0 fully saturated rings. The molecule has 4 heteroatoms. The van der Waals surface area contributed by atoms with Crippen LogP contribution in [0, 0.1) is 0 Å². The molecule has 148 valence electrons. The summed E-state index contributed by atoms with van der Waals surface area (Å²) in [4.78, 5) is 33.5. The van der Waals surface area contributed by atoms with Crippen LogP contribution >= 0.6 is 0 Å². The number of rotatable bonds is 4. The summed E-state index contributed by atoms with van der Waals surface area (Å²) in [5, 5.41) is 1.86. The van der Waals surface area contributed by atoms with E-state index in [1.165, 1.54) is 6.08 Å². The number of nitrogens with one attached hydrogen (secondary N) is 1. The van der Waals surface area contributed by atoms with Crippen LogP contribution in [-0.2, 0) is 0 Å². The standard InChI is InChI=1S/C27H18N2O2/c30-24(17-16-20-15-14-18-8-4-6-12-22(18)28-20)26-25(19-9-2-1-3-10-19)21-11-5-7-13-23(21)29-27(26)31/h1-17H,(H,29,31)/b17-16+. The molecule has 0 unspecified atom stereocenters. The summed E-state index contributed by atoms with van der Waals surface area (Å²) in [6.45, 7) is 0. The number of hydrogen-bond donors (Lipinski definition) is 1. The fourth-order valence-electron chi connectivity index (χ4n) is 3.80. The minimum atomic E-state index is -0.404. The summed E-state index contributed by atoms with van der Waals surface area (Å²) in [6, 6.07) is 28.7. The van der Waals surface area contributed by atoms with Gasteiger partial charge in [-0.3, -0.25) is 9.59 Å². The Morgan fingerprint density at radius 3 is 2.42 bits per heavy atom. The molecule has 0 amide bonds. The number of H-pyrrole nitrogens is 1. The molecule has 3 aromatic carbocycles. The van der Waals surface area contributed by atoms with Gasteiger partial charge in [-0.1, -0.05) is 72.8 Å². The monoisotopic (exact) mass is 402 g/mol. The zero-order chi connectivity index (χ0) is 21.2. The van der Waals surface area contributed by atoms with Gasteiger partial charge in [0.2, 0.25) is 0 Å². The van der Waals surface area contributed by atoms with Crippen LogP contribution in [0.15, 0.2) is 102 Å². The van der Waals surface area contributed by atoms with Gasteiger partial charge in [-0.25, -0.2) is 4.98 Å². The number of allylic oxidation sites excluding steroid dienone is 1. The fraction of sp³-hybridized carbons (Fsp3) is 0. The first-order valence-electron chi connectivity index (χ1n) is 9.99. The number of aromatic amines is 1. The Labute approximate surface area is 178 Å². The second-order valence-corrected chi connectivity index (χ2v) is 7.24. The number of pyridine rings is 2. The van der Waals surface area contributed by atoms with Gasteiger partial charge in [0.1, 0.15) is 0 Å². The number of ketones is 1. The van der Waals surface area contributed by atoms with Crippen LogP contribution in [-0.4, -0.2) is 15.8 Å². The van der Waals surface area contributed by atoms with E-state index in [4.69, 9.17) is 0 Å². The molecular weight excluding hydrogens is 384 g/mol. The predicted octanol–water partition coefficient (Wildman–Crippen LogP) is 5.64. The number of carbonyl (C=O) groups excluding carboxylic acids is 1. The van der Waals surface area contributed by atoms with Gasteiger partial charge >= 0.3 is 0 Å². The van der Waals surface area contributed by atoms with Crippen LogP contribution in [0.2, 0.25) is 0 Å². The Hall–Kier alpha value is -4.31. The molecule has 0 bridgehead atoms. The minimum Gasteiger partial charge on any atom is -0.321 e. The third-order valence-electron chi connectivity index (χ3n) is 5.26. The van der Waals surface area contributed by atoms with E-state index >= 15 is 0 Å². The molecule has 0 aliphatic carbocycles. The smallest absolute Gasteiger partial charge is 0.260 e. The van der Waals surface area contributed by atoms with Crippen molar-refractivity contribution in [2.45, 2.75) is 0 Å². The van der Waals surface area contributed by atoms with Crippen LogP contribution in [0.3, 0.4) is 0 Å². The summed E-state index contributed by atoms with van der Waals surface area (Å²) >= 11 is 0. The Morgan fingerprint density at radius 1 is 0.806 bits per heavy atom. The number of fused-ring (bicyclic) bond motifs is 2. The molecule has 0 saturated heterocycles. The van der Waals surface area contributed by atoms with Crippen molar-refractivity contribution >= 4 is 33.7 Å². The van der Waals surface area contributed by atoms with Crippen molar-refractivity contribution in [3.8, 4) is 11.1 Å². The molecule has 2 heterocycles. The summed E-state index contributed by atoms with van der Waals surface area (Å²) in [5.74, 6) is -0.360. The molecule has 31 heavy (non-hydrogen) atoms. The summed E-state index contributed by atoms with van der Waals surface area (Å²) < 4.78 is 0. The van der Waals surface area contributed by atoms with Crippen molar-refractivity contribution in [3.63, 3.8) is 0 Å². The van der Waals surface area contributed by atoms with Crippen molar-refractivity contribution in [2.75, 3.05) is 0 Å². The summed E-state index contributed by atoms with van der Waals surface area (Å²) in [5.41, 5.74) is 3.39. The third kappa shape index (κ3) is 3.55. The van der Waals surface area contributed by atoms with Gasteiger partial charge in [0.15, 0.2) is 5.78 Å². The highest BCUT2D eigenvalue weighted by Gasteiger charge is 2.18. The van der Waals surface area contributed by atoms with Gasteiger partial charge in [-0.05, 0) is 35.9 Å². The zero-order valence-electron chi connectivity index (χ0n) is 16.6. The van der Waals surface area contributed by atoms with Crippen molar-refractivity contribution in [1.29, 1.82) is 0 Å². The first kappa shape index (κ1) is 18.7. The van der Waals surface area contributed by atoms with Crippen LogP contribution in [0.4, 0.5) is 0 Å². The number of carbonyl (C=O) groups is 1. The highest BCUT2D eigenvalue weighted by atomic mass is 16.1. The SMILES string of the molecule is O=C(/C=C/c1ccc2ccccc2n1)c1c(-c2ccccc2)c2ccccc2[nH]c1=O. The molecule has 0 aliphatic heterocycles. The molecule has 2 aromatic heterocycles. The highest BCUT2D eigenvalue weighted by Crippen LogP contribution is 2.29. The zero-order valence-corrected chi connectivity index (χ0v) is 16.6. The Kier molecular flexibility index (Phi) is 4.73. The molecule has 0 spiro atoms. The lowest BCUT2D eigenvalue weighted by Crippen LogP contribution is -2.18. The first-order chi connectivity index (χ1) is 15.2. The van der Waals surface area contributed by atoms with Crippen molar-refractivity contribution < 1.29 is 4.79 Å². The Morgan fingerprint density at radius 2 is 1.55 bits per heavy atom. The lowest BCUT2D eigenvalue weighted by Gasteiger charge is -2.11. The number of hydrogen-bond acceptors (Lipinski definition) is 3. The maximum atomic E-state index is 13.2. The maximum absolute atomic E-state index is 13.2. The van der Waals surface area contributed by atoms with E-state index < -0.39 is 5.56 Å². The van der Waals surface area contributed by atoms with Gasteiger partial charge in [0, 0.05) is 21.9 Å². The average molecular weight is 402 g/mol. The molecule has 5 rings (SSSR count). The van der Waals surface area contributed by atoms with E-state index in [2.05, 4.69) is 9.97 Å². The largest absolute Gasteiger partial charge is 0.321 e. The quantitative estimate of drug-likeness (QED) is 0.313. The number of nitrogens with zero attached hydrogens (tertiary/aromatic N) is 1. The third-order valence-corrected chi connectivity index (χ3v) is 5.26. The van der Waals surface area contributed by atoms with Gasteiger partial charge in [0.05, 0.1) is 16.8 Å². The lowest BCUT2D eigenvalue weighted by molar-refractivity contribution is 0.104. The normalized spacial score (nSPS) is 11.4. The summed E-state index contributed by atoms with van der Waals surface area (Å²) in [7, 11) is 0. The average Bonchev–Trinajstić information content (AvgIpc) is 2.82. The van der Waals surface area contributed by atoms with Crippen LogP contribution in [0.25, 0.3) is 39.0 Å². The molecular formula is C27H18N2O2. The van der Waals surface area contributed by atoms with Gasteiger partial charge in [-0.15, -0.1) is 0 Å². The van der Waals surface area contributed by atoms with E-state index in [0.717, 1.165) is 21.9 Å². The van der Waals surface area contributed by atoms with E-state index in [9.17, 15) is 9.59 Å². The van der Waals surface area contributed by atoms with Crippen molar-refractivity contribution in [1.82, 2.24) is 9.97 Å². The molecule has 1 N–H and O–H groups in total. The van der Waals surface area contributed by atoms with Gasteiger partial charge < -0.3 is 4.98 Å². The first-order valence-corrected chi connectivity index (χ1v) is 9.99. The Balaban J connectivity index is 1.63. The number of benzene rings is 3. The van der Waals surface area contributed by atoms with Crippen molar-refractivity contribution in [3.05, 3.63) is 119 Å². The topological polar surface area (TPSA) is 62.8 Å². The highest BCUT2D eigenvalue weighted by molar-refractivity contribution is 6.15. The van der Waals surface area contributed by atoms with E-state index in [1.54, 1.807) is 6.08 Å². The predicted molar refractivity (Wildman–Crippen MR) is 125 cm³/mol. The van der Waals surface area contributed by atoms with E-state index in [0.29, 0.717) is 16.8 Å². The van der Waals surface area contributed by atoms with E-state index in [-0.39, 0.29) is 11.3 Å². The second-order valence-electron chi connectivity index (χ2n) is 7.24. The second kappa shape index (κ2) is 7.84. The van der Waals surface area contributed by atoms with Crippen molar-refractivity contribution in [2.24, 2.45) is 0 Å². The molecule has 0 aliphatic rings. The van der Waals surface area contributed by atoms with Gasteiger partial charge in [-0.2, -0.15) is 0 Å². The summed E-state index contributed by atoms with van der Waals surface area (Å²) in [6.07, 6.45) is 3.07.